The molecule has 0 aliphatic heterocycles. The van der Waals surface area contributed by atoms with Gasteiger partial charge in [-0.15, -0.1) is 0 Å². The summed E-state index contributed by atoms with van der Waals surface area (Å²) in [5, 5.41) is 0. The fraction of sp³-hybridized carbons (Fsp3) is 1.00. The van der Waals surface area contributed by atoms with Crippen LogP contribution in [-0.4, -0.2) is 48.0 Å². The molecule has 26 heteroatoms. The second kappa shape index (κ2) is 27.4. The monoisotopic (exact) mass is 638 g/mol. The maximum atomic E-state index is 10.7. The van der Waals surface area contributed by atoms with Crippen LogP contribution in [0.3, 0.4) is 0 Å². The first-order valence-corrected chi connectivity index (χ1v) is 14.8. The normalized spacial score (nSPS) is 11.1. The van der Waals surface area contributed by atoms with E-state index in [1.807, 2.05) is 0 Å². The summed E-state index contributed by atoms with van der Waals surface area (Å²) in [6, 6.07) is 0. The minimum atomic E-state index is -5.07. The molecular formula is C10H44N8Na2O12P4. The average molecular weight is 638 g/mol. The molecule has 36 heavy (non-hydrogen) atoms. The number of hydrogen-bond donors (Lipinski definition) is 6. The van der Waals surface area contributed by atoms with Crippen molar-refractivity contribution < 1.29 is 117 Å². The Morgan fingerprint density at radius 1 is 0.389 bits per heavy atom. The van der Waals surface area contributed by atoms with Gasteiger partial charge in [-0.05, 0) is 25.9 Å². The van der Waals surface area contributed by atoms with Gasteiger partial charge in [-0.1, -0.05) is 43.2 Å². The zero-order chi connectivity index (χ0) is 22.2. The SMILES string of the molecule is O=P([O-])([O-])CN(CCCCCCN(CP(=O)([O-])[O-])CP(=O)([O-])[O-])CP(=O)([O-])[O-].[NH4+].[NH4+].[NH4+].[NH4+].[NH4+].[NH4+].[Na+].[Na+]. The predicted octanol–water partition coefficient (Wildman–Crippen LogP) is -9.10. The van der Waals surface area contributed by atoms with Crippen LogP contribution in [0, 0.1) is 0 Å². The largest absolute Gasteiger partial charge is 1.00 e. The predicted molar refractivity (Wildman–Crippen MR) is 118 cm³/mol. The summed E-state index contributed by atoms with van der Waals surface area (Å²) < 4.78 is 43.0. The van der Waals surface area contributed by atoms with Crippen molar-refractivity contribution in [3.05, 3.63) is 0 Å². The van der Waals surface area contributed by atoms with E-state index in [4.69, 9.17) is 0 Å². The molecule has 0 radical (unpaired) electrons. The van der Waals surface area contributed by atoms with Crippen LogP contribution in [0.2, 0.25) is 0 Å². The van der Waals surface area contributed by atoms with E-state index < -0.39 is 55.5 Å². The molecule has 218 valence electrons. The molecule has 0 saturated heterocycles. The molecule has 0 aromatic carbocycles. The van der Waals surface area contributed by atoms with Crippen LogP contribution < -0.4 is 135 Å². The van der Waals surface area contributed by atoms with E-state index in [1.165, 1.54) is 0 Å². The third-order valence-electron chi connectivity index (χ3n) is 3.19. The first kappa shape index (κ1) is 62.1. The van der Waals surface area contributed by atoms with E-state index in [1.54, 1.807) is 0 Å². The number of rotatable bonds is 15. The number of quaternary nitrogens is 6. The standard InChI is InChI=1S/C10H28N2O12P4.6H3N.2Na/c13-25(14,15)7-11(8-26(16,17)18)5-3-1-2-4-6-12(9-27(19,20)21)10-28(22,23)24;;;;;;;;/h1-10H2,(H2,13,14,15)(H2,16,17,18)(H2,19,20,21)(H2,22,23,24);6*1H3;;/q;;;;;;;2*+1/p-2. The van der Waals surface area contributed by atoms with E-state index in [9.17, 15) is 57.4 Å². The van der Waals surface area contributed by atoms with Crippen molar-refractivity contribution in [1.82, 2.24) is 46.7 Å². The van der Waals surface area contributed by atoms with Gasteiger partial charge in [0.15, 0.2) is 0 Å². The zero-order valence-electron chi connectivity index (χ0n) is 22.7. The van der Waals surface area contributed by atoms with E-state index >= 15 is 0 Å². The summed E-state index contributed by atoms with van der Waals surface area (Å²) >= 11 is 0. The Morgan fingerprint density at radius 2 is 0.556 bits per heavy atom. The maximum Gasteiger partial charge on any atom is 1.00 e. The molecule has 0 bridgehead atoms. The van der Waals surface area contributed by atoms with Gasteiger partial charge in [-0.2, -0.15) is 0 Å². The summed E-state index contributed by atoms with van der Waals surface area (Å²) in [7, 11) is -20.3. The second-order valence-electron chi connectivity index (χ2n) is 6.21. The molecule has 0 rings (SSSR count). The molecule has 20 nitrogen and oxygen atoms in total. The molecule has 0 saturated carbocycles. The van der Waals surface area contributed by atoms with Crippen molar-refractivity contribution in [2.45, 2.75) is 25.7 Å². The summed E-state index contributed by atoms with van der Waals surface area (Å²) in [5.74, 6) is 0. The van der Waals surface area contributed by atoms with Gasteiger partial charge in [0.05, 0.1) is 0 Å². The van der Waals surface area contributed by atoms with Crippen molar-refractivity contribution in [3.63, 3.8) is 0 Å². The first-order chi connectivity index (χ1) is 12.4. The van der Waals surface area contributed by atoms with Crippen LogP contribution in [0.1, 0.15) is 25.7 Å². The summed E-state index contributed by atoms with van der Waals surface area (Å²) in [6.07, 6.45) is -3.48. The van der Waals surface area contributed by atoms with Crippen LogP contribution >= 0.6 is 30.4 Å². The third kappa shape index (κ3) is 46.2. The van der Waals surface area contributed by atoms with Crippen LogP contribution in [0.15, 0.2) is 0 Å². The molecule has 0 amide bonds. The Bertz CT molecular complexity index is 574. The molecule has 0 unspecified atom stereocenters. The van der Waals surface area contributed by atoms with Gasteiger partial charge in [0.25, 0.3) is 0 Å². The zero-order valence-corrected chi connectivity index (χ0v) is 30.2. The van der Waals surface area contributed by atoms with E-state index in [2.05, 4.69) is 0 Å². The minimum Gasteiger partial charge on any atom is -0.810 e. The van der Waals surface area contributed by atoms with Crippen molar-refractivity contribution in [3.8, 4) is 0 Å². The summed E-state index contributed by atoms with van der Waals surface area (Å²) in [5.41, 5.74) is 0. The molecular weight excluding hydrogens is 594 g/mol. The van der Waals surface area contributed by atoms with Gasteiger partial charge in [0.2, 0.25) is 0 Å². The van der Waals surface area contributed by atoms with Crippen LogP contribution in [-0.2, 0) is 18.3 Å². The quantitative estimate of drug-likeness (QED) is 0.0551. The summed E-state index contributed by atoms with van der Waals surface area (Å²) in [4.78, 5) is 87.4. The van der Waals surface area contributed by atoms with Gasteiger partial charge >= 0.3 is 59.1 Å². The van der Waals surface area contributed by atoms with Gasteiger partial charge in [0.1, 0.15) is 0 Å². The number of hydrogen-bond acceptors (Lipinski definition) is 14. The fourth-order valence-corrected chi connectivity index (χ4v) is 5.62. The van der Waals surface area contributed by atoms with Gasteiger partial charge < -0.3 is 94.3 Å². The molecule has 0 aliphatic carbocycles. The molecule has 0 aliphatic rings. The molecule has 0 atom stereocenters. The Balaban J connectivity index is -0.000000130. The second-order valence-corrected chi connectivity index (χ2v) is 12.2. The van der Waals surface area contributed by atoms with Crippen molar-refractivity contribution >= 4 is 30.4 Å². The van der Waals surface area contributed by atoms with E-state index in [-0.39, 0.29) is 122 Å². The Hall–Kier alpha value is 2.28. The van der Waals surface area contributed by atoms with Crippen molar-refractivity contribution in [2.75, 3.05) is 38.2 Å². The van der Waals surface area contributed by atoms with E-state index in [0.717, 1.165) is 0 Å². The van der Waals surface area contributed by atoms with Crippen molar-refractivity contribution in [2.24, 2.45) is 0 Å². The molecule has 0 fully saturated rings. The first-order valence-electron chi connectivity index (χ1n) is 7.85. The van der Waals surface area contributed by atoms with Crippen LogP contribution in [0.4, 0.5) is 0 Å². The van der Waals surface area contributed by atoms with Gasteiger partial charge in [-0.3, -0.25) is 9.80 Å². The van der Waals surface area contributed by atoms with Gasteiger partial charge in [0, 0.05) is 25.1 Å². The average Bonchev–Trinajstić information content (AvgIpc) is 2.34. The third-order valence-corrected chi connectivity index (χ3v) is 6.18. The smallest absolute Gasteiger partial charge is 0.810 e. The maximum absolute atomic E-state index is 10.7. The van der Waals surface area contributed by atoms with Crippen molar-refractivity contribution in [1.29, 1.82) is 0 Å². The molecule has 0 heterocycles. The Morgan fingerprint density at radius 3 is 0.694 bits per heavy atom. The number of unbranched alkanes of at least 4 members (excludes halogenated alkanes) is 3. The van der Waals surface area contributed by atoms with E-state index in [0.29, 0.717) is 22.6 Å². The minimum absolute atomic E-state index is 0. The van der Waals surface area contributed by atoms with Crippen LogP contribution in [0.25, 0.3) is 0 Å². The van der Waals surface area contributed by atoms with Gasteiger partial charge in [-0.25, -0.2) is 0 Å². The Labute approximate surface area is 255 Å². The molecule has 0 aromatic heterocycles. The fourth-order valence-electron chi connectivity index (χ4n) is 2.38. The Kier molecular flexibility index (Phi) is 47.3. The molecule has 0 spiro atoms. The molecule has 0 aromatic rings. The topological polar surface area (TPSA) is 478 Å². The molecule has 24 N–H and O–H groups in total. The number of nitrogens with zero attached hydrogens (tertiary/aromatic N) is 2. The summed E-state index contributed by atoms with van der Waals surface area (Å²) in [6.45, 7) is -0.363. The van der Waals surface area contributed by atoms with Crippen LogP contribution in [0.5, 0.6) is 0 Å².